The first-order chi connectivity index (χ1) is 10.6. The third kappa shape index (κ3) is 4.15. The predicted octanol–water partition coefficient (Wildman–Crippen LogP) is 3.06. The van der Waals surface area contributed by atoms with Crippen LogP contribution in [0.15, 0.2) is 42.5 Å². The number of carbonyl (C=O) groups excluding carboxylic acids is 1. The molecular formula is C17H20N2O3. The van der Waals surface area contributed by atoms with Crippen molar-refractivity contribution in [1.29, 1.82) is 0 Å². The van der Waals surface area contributed by atoms with Crippen molar-refractivity contribution in [2.45, 2.75) is 6.92 Å². The minimum Gasteiger partial charge on any atom is -0.497 e. The second-order valence-corrected chi connectivity index (χ2v) is 4.84. The first-order valence-electron chi connectivity index (χ1n) is 6.95. The number of benzene rings is 2. The molecule has 1 amide bonds. The van der Waals surface area contributed by atoms with Crippen molar-refractivity contribution in [3.8, 4) is 11.5 Å². The number of carbonyl (C=O) groups is 1. The van der Waals surface area contributed by atoms with Gasteiger partial charge in [0.05, 0.1) is 26.5 Å². The summed E-state index contributed by atoms with van der Waals surface area (Å²) in [5.74, 6) is 1.22. The average Bonchev–Trinajstić information content (AvgIpc) is 2.52. The Morgan fingerprint density at radius 2 is 1.91 bits per heavy atom. The van der Waals surface area contributed by atoms with E-state index in [1.165, 1.54) is 0 Å². The first kappa shape index (κ1) is 15.7. The molecule has 5 nitrogen and oxygen atoms in total. The molecule has 2 aromatic carbocycles. The Hall–Kier alpha value is -2.69. The lowest BCUT2D eigenvalue weighted by Crippen LogP contribution is -2.22. The largest absolute Gasteiger partial charge is 0.497 e. The number of rotatable bonds is 6. The molecule has 0 fully saturated rings. The van der Waals surface area contributed by atoms with Crippen LogP contribution < -0.4 is 20.1 Å². The number of aryl methyl sites for hydroxylation is 1. The van der Waals surface area contributed by atoms with Crippen molar-refractivity contribution in [2.75, 3.05) is 31.4 Å². The van der Waals surface area contributed by atoms with Gasteiger partial charge in [-0.05, 0) is 36.8 Å². The van der Waals surface area contributed by atoms with E-state index in [1.54, 1.807) is 32.4 Å². The van der Waals surface area contributed by atoms with Crippen LogP contribution in [0.5, 0.6) is 11.5 Å². The summed E-state index contributed by atoms with van der Waals surface area (Å²) < 4.78 is 10.4. The van der Waals surface area contributed by atoms with Crippen molar-refractivity contribution in [3.63, 3.8) is 0 Å². The van der Waals surface area contributed by atoms with Crippen LogP contribution in [0.25, 0.3) is 0 Å². The van der Waals surface area contributed by atoms with E-state index in [9.17, 15) is 4.79 Å². The zero-order valence-corrected chi connectivity index (χ0v) is 13.0. The van der Waals surface area contributed by atoms with Gasteiger partial charge in [-0.2, -0.15) is 0 Å². The summed E-state index contributed by atoms with van der Waals surface area (Å²) in [6.07, 6.45) is 0. The van der Waals surface area contributed by atoms with Crippen LogP contribution in [0.1, 0.15) is 5.56 Å². The van der Waals surface area contributed by atoms with E-state index < -0.39 is 0 Å². The fourth-order valence-corrected chi connectivity index (χ4v) is 2.06. The molecule has 0 radical (unpaired) electrons. The van der Waals surface area contributed by atoms with Gasteiger partial charge in [-0.15, -0.1) is 0 Å². The Morgan fingerprint density at radius 3 is 2.59 bits per heavy atom. The van der Waals surface area contributed by atoms with Gasteiger partial charge in [-0.3, -0.25) is 4.79 Å². The maximum atomic E-state index is 12.0. The Balaban J connectivity index is 1.98. The van der Waals surface area contributed by atoms with Gasteiger partial charge in [0.2, 0.25) is 5.91 Å². The number of hydrogen-bond acceptors (Lipinski definition) is 4. The van der Waals surface area contributed by atoms with E-state index in [2.05, 4.69) is 10.6 Å². The summed E-state index contributed by atoms with van der Waals surface area (Å²) in [6.45, 7) is 2.12. The second-order valence-electron chi connectivity index (χ2n) is 4.84. The lowest BCUT2D eigenvalue weighted by atomic mass is 10.2. The molecule has 0 aromatic heterocycles. The van der Waals surface area contributed by atoms with Crippen LogP contribution in [0.2, 0.25) is 0 Å². The summed E-state index contributed by atoms with van der Waals surface area (Å²) in [5.41, 5.74) is 2.59. The molecule has 0 bridgehead atoms. The summed E-state index contributed by atoms with van der Waals surface area (Å²) in [5, 5.41) is 5.90. The Labute approximate surface area is 130 Å². The number of nitrogens with one attached hydrogen (secondary N) is 2. The maximum Gasteiger partial charge on any atom is 0.243 e. The standard InChI is InChI=1S/C17H20N2O3/c1-12-5-4-6-13(9-12)19-17(20)11-18-15-10-14(21-2)7-8-16(15)22-3/h4-10,18H,11H2,1-3H3,(H,19,20). The molecule has 0 aliphatic rings. The number of anilines is 2. The molecular weight excluding hydrogens is 280 g/mol. The van der Waals surface area contributed by atoms with Gasteiger partial charge in [0.25, 0.3) is 0 Å². The van der Waals surface area contributed by atoms with Crippen molar-refractivity contribution < 1.29 is 14.3 Å². The molecule has 0 saturated heterocycles. The van der Waals surface area contributed by atoms with Crippen LogP contribution in [0, 0.1) is 6.92 Å². The smallest absolute Gasteiger partial charge is 0.243 e. The summed E-state index contributed by atoms with van der Waals surface area (Å²) in [4.78, 5) is 12.0. The lowest BCUT2D eigenvalue weighted by Gasteiger charge is -2.13. The molecule has 22 heavy (non-hydrogen) atoms. The highest BCUT2D eigenvalue weighted by molar-refractivity contribution is 5.94. The van der Waals surface area contributed by atoms with Crippen LogP contribution >= 0.6 is 0 Å². The number of methoxy groups -OCH3 is 2. The van der Waals surface area contributed by atoms with Gasteiger partial charge < -0.3 is 20.1 Å². The maximum absolute atomic E-state index is 12.0. The van der Waals surface area contributed by atoms with Crippen molar-refractivity contribution in [1.82, 2.24) is 0 Å². The molecule has 0 unspecified atom stereocenters. The zero-order chi connectivity index (χ0) is 15.9. The summed E-state index contributed by atoms with van der Waals surface area (Å²) in [6, 6.07) is 13.1. The lowest BCUT2D eigenvalue weighted by molar-refractivity contribution is -0.114. The topological polar surface area (TPSA) is 59.6 Å². The highest BCUT2D eigenvalue weighted by atomic mass is 16.5. The SMILES string of the molecule is COc1ccc(OC)c(NCC(=O)Nc2cccc(C)c2)c1. The summed E-state index contributed by atoms with van der Waals surface area (Å²) >= 11 is 0. The van der Waals surface area contributed by atoms with E-state index >= 15 is 0 Å². The third-order valence-corrected chi connectivity index (χ3v) is 3.15. The Bertz CT molecular complexity index is 656. The minimum absolute atomic E-state index is 0.129. The van der Waals surface area contributed by atoms with Crippen LogP contribution in [0.4, 0.5) is 11.4 Å². The van der Waals surface area contributed by atoms with E-state index in [0.29, 0.717) is 17.2 Å². The monoisotopic (exact) mass is 300 g/mol. The number of hydrogen-bond donors (Lipinski definition) is 2. The highest BCUT2D eigenvalue weighted by Crippen LogP contribution is 2.28. The Morgan fingerprint density at radius 1 is 1.09 bits per heavy atom. The van der Waals surface area contributed by atoms with E-state index in [-0.39, 0.29) is 12.5 Å². The molecule has 2 N–H and O–H groups in total. The molecule has 116 valence electrons. The molecule has 0 aliphatic carbocycles. The van der Waals surface area contributed by atoms with Crippen LogP contribution in [0.3, 0.4) is 0 Å². The van der Waals surface area contributed by atoms with Crippen LogP contribution in [-0.4, -0.2) is 26.7 Å². The minimum atomic E-state index is -0.129. The number of amides is 1. The molecule has 5 heteroatoms. The number of ether oxygens (including phenoxy) is 2. The normalized spacial score (nSPS) is 9.95. The molecule has 0 spiro atoms. The molecule has 0 heterocycles. The van der Waals surface area contributed by atoms with Crippen molar-refractivity contribution >= 4 is 17.3 Å². The Kier molecular flexibility index (Phi) is 5.25. The predicted molar refractivity (Wildman–Crippen MR) is 87.8 cm³/mol. The first-order valence-corrected chi connectivity index (χ1v) is 6.95. The average molecular weight is 300 g/mol. The summed E-state index contributed by atoms with van der Waals surface area (Å²) in [7, 11) is 3.18. The van der Waals surface area contributed by atoms with Gasteiger partial charge in [-0.1, -0.05) is 12.1 Å². The molecule has 2 aromatic rings. The highest BCUT2D eigenvalue weighted by Gasteiger charge is 2.07. The molecule has 2 rings (SSSR count). The van der Waals surface area contributed by atoms with Crippen molar-refractivity contribution in [3.05, 3.63) is 48.0 Å². The van der Waals surface area contributed by atoms with E-state index in [0.717, 1.165) is 11.3 Å². The van der Waals surface area contributed by atoms with E-state index in [4.69, 9.17) is 9.47 Å². The third-order valence-electron chi connectivity index (χ3n) is 3.15. The van der Waals surface area contributed by atoms with E-state index in [1.807, 2.05) is 31.2 Å². The zero-order valence-electron chi connectivity index (χ0n) is 13.0. The molecule has 0 atom stereocenters. The second kappa shape index (κ2) is 7.36. The van der Waals surface area contributed by atoms with Gasteiger partial charge in [0.15, 0.2) is 0 Å². The fraction of sp³-hybridized carbons (Fsp3) is 0.235. The van der Waals surface area contributed by atoms with Gasteiger partial charge >= 0.3 is 0 Å². The van der Waals surface area contributed by atoms with Crippen LogP contribution in [-0.2, 0) is 4.79 Å². The van der Waals surface area contributed by atoms with Gasteiger partial charge in [-0.25, -0.2) is 0 Å². The quantitative estimate of drug-likeness (QED) is 0.861. The fourth-order valence-electron chi connectivity index (χ4n) is 2.06. The van der Waals surface area contributed by atoms with Crippen molar-refractivity contribution in [2.24, 2.45) is 0 Å². The van der Waals surface area contributed by atoms with Gasteiger partial charge in [0.1, 0.15) is 11.5 Å². The molecule has 0 aliphatic heterocycles. The molecule has 0 saturated carbocycles. The van der Waals surface area contributed by atoms with Gasteiger partial charge in [0, 0.05) is 11.8 Å².